The van der Waals surface area contributed by atoms with Gasteiger partial charge in [0.2, 0.25) is 0 Å². The fourth-order valence-electron chi connectivity index (χ4n) is 2.34. The number of hydrogen-bond acceptors (Lipinski definition) is 2. The average Bonchev–Trinajstić information content (AvgIpc) is 2.91. The maximum absolute atomic E-state index is 12.9. The molecule has 0 saturated carbocycles. The van der Waals surface area contributed by atoms with Gasteiger partial charge in [-0.1, -0.05) is 17.3 Å². The molecule has 106 valence electrons. The van der Waals surface area contributed by atoms with Crippen LogP contribution in [0.4, 0.5) is 4.39 Å². The number of aromatic nitrogens is 1. The van der Waals surface area contributed by atoms with Crippen molar-refractivity contribution in [3.05, 3.63) is 71.7 Å². The summed E-state index contributed by atoms with van der Waals surface area (Å²) in [6.45, 7) is 0.659. The largest absolute Gasteiger partial charge is 0.409 e. The SMILES string of the molecule is N/C(=N/O)c1ccc2c(ccn2Cc2ccc(F)cc2)c1. The molecule has 3 aromatic rings. The van der Waals surface area contributed by atoms with Crippen molar-refractivity contribution in [1.82, 2.24) is 4.57 Å². The van der Waals surface area contributed by atoms with E-state index in [1.807, 2.05) is 24.4 Å². The van der Waals surface area contributed by atoms with E-state index in [2.05, 4.69) is 9.72 Å². The summed E-state index contributed by atoms with van der Waals surface area (Å²) in [4.78, 5) is 0. The van der Waals surface area contributed by atoms with Crippen molar-refractivity contribution in [2.45, 2.75) is 6.54 Å². The van der Waals surface area contributed by atoms with Gasteiger partial charge < -0.3 is 15.5 Å². The molecule has 0 spiro atoms. The molecule has 0 saturated heterocycles. The van der Waals surface area contributed by atoms with Gasteiger partial charge in [0.1, 0.15) is 5.82 Å². The maximum atomic E-state index is 12.9. The molecular weight excluding hydrogens is 269 g/mol. The first-order valence-corrected chi connectivity index (χ1v) is 6.48. The van der Waals surface area contributed by atoms with Crippen LogP contribution in [0, 0.1) is 5.82 Å². The fourth-order valence-corrected chi connectivity index (χ4v) is 2.34. The first-order valence-electron chi connectivity index (χ1n) is 6.48. The highest BCUT2D eigenvalue weighted by atomic mass is 19.1. The van der Waals surface area contributed by atoms with Crippen LogP contribution in [0.3, 0.4) is 0 Å². The van der Waals surface area contributed by atoms with Gasteiger partial charge in [-0.3, -0.25) is 0 Å². The van der Waals surface area contributed by atoms with Crippen LogP contribution in [0.2, 0.25) is 0 Å². The Kier molecular flexibility index (Phi) is 3.31. The van der Waals surface area contributed by atoms with Crippen molar-refractivity contribution in [2.24, 2.45) is 10.9 Å². The Morgan fingerprint density at radius 1 is 1.14 bits per heavy atom. The zero-order valence-electron chi connectivity index (χ0n) is 11.2. The van der Waals surface area contributed by atoms with E-state index < -0.39 is 0 Å². The minimum atomic E-state index is -0.237. The van der Waals surface area contributed by atoms with Crippen LogP contribution in [0.25, 0.3) is 10.9 Å². The molecule has 3 N–H and O–H groups in total. The number of nitrogens with two attached hydrogens (primary N) is 1. The number of fused-ring (bicyclic) bond motifs is 1. The molecule has 0 radical (unpaired) electrons. The van der Waals surface area contributed by atoms with E-state index in [1.54, 1.807) is 18.2 Å². The highest BCUT2D eigenvalue weighted by molar-refractivity contribution is 6.00. The third kappa shape index (κ3) is 2.58. The minimum Gasteiger partial charge on any atom is -0.409 e. The van der Waals surface area contributed by atoms with Crippen LogP contribution in [0.15, 0.2) is 59.9 Å². The highest BCUT2D eigenvalue weighted by Gasteiger charge is 2.05. The molecule has 0 unspecified atom stereocenters. The van der Waals surface area contributed by atoms with Crippen molar-refractivity contribution in [2.75, 3.05) is 0 Å². The number of amidine groups is 1. The topological polar surface area (TPSA) is 63.5 Å². The molecule has 0 atom stereocenters. The predicted molar refractivity (Wildman–Crippen MR) is 80.0 cm³/mol. The Hall–Kier alpha value is -2.82. The van der Waals surface area contributed by atoms with Gasteiger partial charge in [0.25, 0.3) is 0 Å². The Bertz CT molecular complexity index is 806. The van der Waals surface area contributed by atoms with Gasteiger partial charge in [0.05, 0.1) is 0 Å². The van der Waals surface area contributed by atoms with E-state index in [0.717, 1.165) is 16.5 Å². The fraction of sp³-hybridized carbons (Fsp3) is 0.0625. The standard InChI is InChI=1S/C16H14FN3O/c17-14-4-1-11(2-5-14)10-20-8-7-12-9-13(16(18)19-21)3-6-15(12)20/h1-9,21H,10H2,(H2,18,19). The van der Waals surface area contributed by atoms with Crippen LogP contribution in [-0.2, 0) is 6.54 Å². The Labute approximate surface area is 120 Å². The molecule has 0 aliphatic rings. The summed E-state index contributed by atoms with van der Waals surface area (Å²) in [5.41, 5.74) is 8.32. The van der Waals surface area contributed by atoms with Crippen LogP contribution < -0.4 is 5.73 Å². The highest BCUT2D eigenvalue weighted by Crippen LogP contribution is 2.19. The summed E-state index contributed by atoms with van der Waals surface area (Å²) in [7, 11) is 0. The van der Waals surface area contributed by atoms with Gasteiger partial charge in [0, 0.05) is 29.2 Å². The maximum Gasteiger partial charge on any atom is 0.170 e. The first kappa shape index (κ1) is 13.2. The third-order valence-corrected chi connectivity index (χ3v) is 3.44. The lowest BCUT2D eigenvalue weighted by Gasteiger charge is -2.06. The molecule has 3 rings (SSSR count). The number of benzene rings is 2. The predicted octanol–water partition coefficient (Wildman–Crippen LogP) is 2.92. The van der Waals surface area contributed by atoms with Crippen molar-refractivity contribution in [3.63, 3.8) is 0 Å². The van der Waals surface area contributed by atoms with Crippen LogP contribution in [0.5, 0.6) is 0 Å². The van der Waals surface area contributed by atoms with Crippen LogP contribution >= 0.6 is 0 Å². The molecule has 1 heterocycles. The summed E-state index contributed by atoms with van der Waals surface area (Å²) in [5, 5.41) is 12.7. The van der Waals surface area contributed by atoms with Crippen molar-refractivity contribution in [1.29, 1.82) is 0 Å². The minimum absolute atomic E-state index is 0.0863. The van der Waals surface area contributed by atoms with Gasteiger partial charge in [-0.2, -0.15) is 0 Å². The van der Waals surface area contributed by atoms with Crippen molar-refractivity contribution in [3.8, 4) is 0 Å². The van der Waals surface area contributed by atoms with Gasteiger partial charge in [-0.25, -0.2) is 4.39 Å². The molecule has 0 aliphatic carbocycles. The van der Waals surface area contributed by atoms with E-state index in [0.29, 0.717) is 12.1 Å². The lowest BCUT2D eigenvalue weighted by atomic mass is 10.1. The number of hydrogen-bond donors (Lipinski definition) is 2. The average molecular weight is 283 g/mol. The second kappa shape index (κ2) is 5.28. The zero-order chi connectivity index (χ0) is 14.8. The number of oxime groups is 1. The second-order valence-electron chi connectivity index (χ2n) is 4.83. The molecule has 0 amide bonds. The van der Waals surface area contributed by atoms with Gasteiger partial charge in [0.15, 0.2) is 5.84 Å². The molecule has 4 nitrogen and oxygen atoms in total. The molecular formula is C16H14FN3O. The third-order valence-electron chi connectivity index (χ3n) is 3.44. The Balaban J connectivity index is 1.95. The van der Waals surface area contributed by atoms with Gasteiger partial charge in [-0.05, 0) is 42.0 Å². The molecule has 2 aromatic carbocycles. The summed E-state index contributed by atoms with van der Waals surface area (Å²) in [6, 6.07) is 14.0. The van der Waals surface area contributed by atoms with E-state index in [9.17, 15) is 4.39 Å². The van der Waals surface area contributed by atoms with E-state index in [-0.39, 0.29) is 11.7 Å². The van der Waals surface area contributed by atoms with Crippen molar-refractivity contribution >= 4 is 16.7 Å². The van der Waals surface area contributed by atoms with E-state index >= 15 is 0 Å². The summed E-state index contributed by atoms with van der Waals surface area (Å²) in [5.74, 6) is -0.150. The molecule has 5 heteroatoms. The zero-order valence-corrected chi connectivity index (χ0v) is 11.2. The monoisotopic (exact) mass is 283 g/mol. The Morgan fingerprint density at radius 2 is 1.90 bits per heavy atom. The summed E-state index contributed by atoms with van der Waals surface area (Å²) in [6.07, 6.45) is 1.96. The molecule has 0 bridgehead atoms. The number of halogens is 1. The number of nitrogens with zero attached hydrogens (tertiary/aromatic N) is 2. The van der Waals surface area contributed by atoms with Crippen molar-refractivity contribution < 1.29 is 9.60 Å². The van der Waals surface area contributed by atoms with Gasteiger partial charge >= 0.3 is 0 Å². The number of rotatable bonds is 3. The van der Waals surface area contributed by atoms with Crippen LogP contribution in [-0.4, -0.2) is 15.6 Å². The van der Waals surface area contributed by atoms with E-state index in [1.165, 1.54) is 12.1 Å². The van der Waals surface area contributed by atoms with Crippen LogP contribution in [0.1, 0.15) is 11.1 Å². The normalized spacial score (nSPS) is 12.0. The van der Waals surface area contributed by atoms with Gasteiger partial charge in [-0.15, -0.1) is 0 Å². The lowest BCUT2D eigenvalue weighted by molar-refractivity contribution is 0.318. The molecule has 21 heavy (non-hydrogen) atoms. The van der Waals surface area contributed by atoms with E-state index in [4.69, 9.17) is 10.9 Å². The Morgan fingerprint density at radius 3 is 2.62 bits per heavy atom. The quantitative estimate of drug-likeness (QED) is 0.336. The second-order valence-corrected chi connectivity index (χ2v) is 4.83. The molecule has 1 aromatic heterocycles. The molecule has 0 fully saturated rings. The lowest BCUT2D eigenvalue weighted by Crippen LogP contribution is -2.12. The first-order chi connectivity index (χ1) is 10.2. The smallest absolute Gasteiger partial charge is 0.170 e. The summed E-state index contributed by atoms with van der Waals surface area (Å²) >= 11 is 0. The summed E-state index contributed by atoms with van der Waals surface area (Å²) < 4.78 is 15.0. The molecule has 0 aliphatic heterocycles.